The number of hydrogen-bond acceptors (Lipinski definition) is 1. The highest BCUT2D eigenvalue weighted by Crippen LogP contribution is 2.17. The molecule has 0 amide bonds. The summed E-state index contributed by atoms with van der Waals surface area (Å²) < 4.78 is 4.92. The Morgan fingerprint density at radius 1 is 1.31 bits per heavy atom. The second-order valence-corrected chi connectivity index (χ2v) is 4.78. The zero-order chi connectivity index (χ0) is 10.9. The smallest absolute Gasteiger partial charge is 0.0467 e. The number of methoxy groups -OCH3 is 1. The molecule has 0 saturated carbocycles. The average molecular weight is 186 g/mol. The van der Waals surface area contributed by atoms with Crippen molar-refractivity contribution < 1.29 is 4.74 Å². The van der Waals surface area contributed by atoms with E-state index in [4.69, 9.17) is 4.74 Å². The lowest BCUT2D eigenvalue weighted by molar-refractivity contribution is 0.159. The zero-order valence-corrected chi connectivity index (χ0v) is 10.2. The van der Waals surface area contributed by atoms with E-state index in [0.717, 1.165) is 13.0 Å². The van der Waals surface area contributed by atoms with Crippen LogP contribution in [0.3, 0.4) is 0 Å². The van der Waals surface area contributed by atoms with E-state index in [2.05, 4.69) is 41.2 Å². The summed E-state index contributed by atoms with van der Waals surface area (Å²) in [6.07, 6.45) is 3.06. The molecule has 0 bridgehead atoms. The van der Waals surface area contributed by atoms with Crippen LogP contribution in [-0.4, -0.2) is 13.7 Å². The SMILES string of the molecule is C=CC(C)C.COCCC(C)(C)C. The Morgan fingerprint density at radius 3 is 1.77 bits per heavy atom. The lowest BCUT2D eigenvalue weighted by Crippen LogP contribution is -2.07. The van der Waals surface area contributed by atoms with E-state index in [1.165, 1.54) is 0 Å². The van der Waals surface area contributed by atoms with Crippen LogP contribution in [0.25, 0.3) is 0 Å². The summed E-state index contributed by atoms with van der Waals surface area (Å²) in [7, 11) is 1.74. The van der Waals surface area contributed by atoms with Crippen LogP contribution in [0.15, 0.2) is 12.7 Å². The van der Waals surface area contributed by atoms with Crippen LogP contribution < -0.4 is 0 Å². The molecule has 0 atom stereocenters. The normalized spacial score (nSPS) is 10.7. The Labute approximate surface area is 84.2 Å². The molecule has 1 heteroatoms. The topological polar surface area (TPSA) is 9.23 Å². The van der Waals surface area contributed by atoms with Crippen molar-refractivity contribution in [2.75, 3.05) is 13.7 Å². The number of hydrogen-bond donors (Lipinski definition) is 0. The first-order valence-electron chi connectivity index (χ1n) is 4.95. The van der Waals surface area contributed by atoms with E-state index in [1.54, 1.807) is 7.11 Å². The fraction of sp³-hybridized carbons (Fsp3) is 0.833. The van der Waals surface area contributed by atoms with Gasteiger partial charge in [-0.05, 0) is 17.8 Å². The Bertz CT molecular complexity index is 109. The fourth-order valence-corrected chi connectivity index (χ4v) is 0.408. The predicted octanol–water partition coefficient (Wildman–Crippen LogP) is 3.90. The lowest BCUT2D eigenvalue weighted by atomic mass is 9.93. The zero-order valence-electron chi connectivity index (χ0n) is 10.2. The van der Waals surface area contributed by atoms with Crippen LogP contribution in [0.1, 0.15) is 41.0 Å². The second-order valence-electron chi connectivity index (χ2n) is 4.78. The molecule has 0 radical (unpaired) electrons. The summed E-state index contributed by atoms with van der Waals surface area (Å²) in [5, 5.41) is 0. The van der Waals surface area contributed by atoms with Crippen molar-refractivity contribution in [3.05, 3.63) is 12.7 Å². The van der Waals surface area contributed by atoms with Gasteiger partial charge in [0.05, 0.1) is 0 Å². The third-order valence-electron chi connectivity index (χ3n) is 1.53. The second kappa shape index (κ2) is 8.31. The molecule has 13 heavy (non-hydrogen) atoms. The van der Waals surface area contributed by atoms with Gasteiger partial charge in [-0.15, -0.1) is 6.58 Å². The Hall–Kier alpha value is -0.300. The molecule has 0 saturated heterocycles. The van der Waals surface area contributed by atoms with Gasteiger partial charge < -0.3 is 4.74 Å². The predicted molar refractivity (Wildman–Crippen MR) is 61.0 cm³/mol. The van der Waals surface area contributed by atoms with E-state index in [1.807, 2.05) is 6.08 Å². The lowest BCUT2D eigenvalue weighted by Gasteiger charge is -2.16. The largest absolute Gasteiger partial charge is 0.385 e. The molecule has 0 aromatic carbocycles. The quantitative estimate of drug-likeness (QED) is 0.607. The monoisotopic (exact) mass is 186 g/mol. The van der Waals surface area contributed by atoms with Crippen LogP contribution in [-0.2, 0) is 4.74 Å². The summed E-state index contributed by atoms with van der Waals surface area (Å²) >= 11 is 0. The molecule has 0 aromatic heterocycles. The van der Waals surface area contributed by atoms with Crippen molar-refractivity contribution in [2.24, 2.45) is 11.3 Å². The third kappa shape index (κ3) is 24.5. The molecule has 0 aliphatic carbocycles. The maximum Gasteiger partial charge on any atom is 0.0467 e. The van der Waals surface area contributed by atoms with Crippen molar-refractivity contribution in [3.63, 3.8) is 0 Å². The van der Waals surface area contributed by atoms with Crippen molar-refractivity contribution in [3.8, 4) is 0 Å². The molecule has 0 aromatic rings. The molecular formula is C12H26O. The molecular weight excluding hydrogens is 160 g/mol. The molecule has 0 heterocycles. The Morgan fingerprint density at radius 2 is 1.69 bits per heavy atom. The third-order valence-corrected chi connectivity index (χ3v) is 1.53. The summed E-state index contributed by atoms with van der Waals surface area (Å²) in [6, 6.07) is 0. The molecule has 0 unspecified atom stereocenters. The summed E-state index contributed by atoms with van der Waals surface area (Å²) in [5.74, 6) is 0.648. The van der Waals surface area contributed by atoms with Crippen LogP contribution in [0, 0.1) is 11.3 Å². The van der Waals surface area contributed by atoms with Crippen LogP contribution >= 0.6 is 0 Å². The highest BCUT2D eigenvalue weighted by molar-refractivity contribution is 4.69. The van der Waals surface area contributed by atoms with Crippen molar-refractivity contribution in [2.45, 2.75) is 41.0 Å². The minimum atomic E-state index is 0.427. The molecule has 0 N–H and O–H groups in total. The van der Waals surface area contributed by atoms with E-state index in [0.29, 0.717) is 11.3 Å². The molecule has 80 valence electrons. The first-order chi connectivity index (χ1) is 5.83. The summed E-state index contributed by atoms with van der Waals surface area (Å²) in [6.45, 7) is 15.3. The van der Waals surface area contributed by atoms with E-state index >= 15 is 0 Å². The van der Waals surface area contributed by atoms with Gasteiger partial charge in [-0.25, -0.2) is 0 Å². The standard InChI is InChI=1S/C7H16O.C5H10/c1-7(2,3)5-6-8-4;1-4-5(2)3/h5-6H2,1-4H3;4-5H,1H2,2-3H3. The minimum Gasteiger partial charge on any atom is -0.385 e. The van der Waals surface area contributed by atoms with Crippen LogP contribution in [0.5, 0.6) is 0 Å². The van der Waals surface area contributed by atoms with Gasteiger partial charge in [-0.3, -0.25) is 0 Å². The highest BCUT2D eigenvalue weighted by Gasteiger charge is 2.07. The van der Waals surface area contributed by atoms with Gasteiger partial charge in [0.25, 0.3) is 0 Å². The number of allylic oxidation sites excluding steroid dienone is 1. The minimum absolute atomic E-state index is 0.427. The van der Waals surface area contributed by atoms with Gasteiger partial charge in [0, 0.05) is 13.7 Å². The average Bonchev–Trinajstić information content (AvgIpc) is 2.00. The summed E-state index contributed by atoms with van der Waals surface area (Å²) in [4.78, 5) is 0. The maximum absolute atomic E-state index is 4.92. The molecule has 0 fully saturated rings. The van der Waals surface area contributed by atoms with E-state index < -0.39 is 0 Å². The number of rotatable bonds is 3. The first kappa shape index (κ1) is 15.2. The first-order valence-corrected chi connectivity index (χ1v) is 4.95. The van der Waals surface area contributed by atoms with E-state index in [-0.39, 0.29) is 0 Å². The van der Waals surface area contributed by atoms with Crippen molar-refractivity contribution in [1.82, 2.24) is 0 Å². The molecule has 0 spiro atoms. The van der Waals surface area contributed by atoms with Gasteiger partial charge in [-0.1, -0.05) is 40.7 Å². The van der Waals surface area contributed by atoms with Crippen LogP contribution in [0.4, 0.5) is 0 Å². The van der Waals surface area contributed by atoms with Gasteiger partial charge in [-0.2, -0.15) is 0 Å². The fourth-order valence-electron chi connectivity index (χ4n) is 0.408. The molecule has 1 nitrogen and oxygen atoms in total. The summed E-state index contributed by atoms with van der Waals surface area (Å²) in [5.41, 5.74) is 0.427. The Balaban J connectivity index is 0. The van der Waals surface area contributed by atoms with Crippen molar-refractivity contribution >= 4 is 0 Å². The number of ether oxygens (including phenoxy) is 1. The van der Waals surface area contributed by atoms with Crippen LogP contribution in [0.2, 0.25) is 0 Å². The molecule has 0 rings (SSSR count). The van der Waals surface area contributed by atoms with Gasteiger partial charge in [0.15, 0.2) is 0 Å². The van der Waals surface area contributed by atoms with Gasteiger partial charge in [0.1, 0.15) is 0 Å². The highest BCUT2D eigenvalue weighted by atomic mass is 16.5. The van der Waals surface area contributed by atoms with E-state index in [9.17, 15) is 0 Å². The van der Waals surface area contributed by atoms with Crippen molar-refractivity contribution in [1.29, 1.82) is 0 Å². The molecule has 0 aliphatic rings. The maximum atomic E-state index is 4.92. The van der Waals surface area contributed by atoms with Gasteiger partial charge >= 0.3 is 0 Å². The Kier molecular flexibility index (Phi) is 9.70. The van der Waals surface area contributed by atoms with Gasteiger partial charge in [0.2, 0.25) is 0 Å². The molecule has 0 aliphatic heterocycles.